The quantitative estimate of drug-likeness (QED) is 0.833. The summed E-state index contributed by atoms with van der Waals surface area (Å²) in [5.41, 5.74) is 3.19. The summed E-state index contributed by atoms with van der Waals surface area (Å²) in [6.45, 7) is 7.75. The van der Waals surface area contributed by atoms with Gasteiger partial charge in [0.25, 0.3) is 0 Å². The third-order valence-electron chi connectivity index (χ3n) is 5.82. The Bertz CT molecular complexity index is 677. The van der Waals surface area contributed by atoms with Crippen LogP contribution in [-0.4, -0.2) is 56.0 Å². The Morgan fingerprint density at radius 1 is 1.11 bits per heavy atom. The van der Waals surface area contributed by atoms with Crippen LogP contribution in [-0.2, 0) is 9.59 Å². The Labute approximate surface area is 162 Å². The van der Waals surface area contributed by atoms with Crippen molar-refractivity contribution in [2.24, 2.45) is 5.92 Å². The fourth-order valence-electron chi connectivity index (χ4n) is 4.26. The second-order valence-electron chi connectivity index (χ2n) is 8.00. The zero-order valence-electron chi connectivity index (χ0n) is 16.8. The number of piperazine rings is 1. The molecule has 27 heavy (non-hydrogen) atoms. The Morgan fingerprint density at radius 2 is 1.78 bits per heavy atom. The average Bonchev–Trinajstić information content (AvgIpc) is 3.15. The van der Waals surface area contributed by atoms with Crippen LogP contribution in [0.5, 0.6) is 0 Å². The van der Waals surface area contributed by atoms with Crippen molar-refractivity contribution in [3.8, 4) is 0 Å². The number of nitrogens with one attached hydrogen (secondary N) is 2. The van der Waals surface area contributed by atoms with Crippen LogP contribution in [0, 0.1) is 12.8 Å². The van der Waals surface area contributed by atoms with Crippen molar-refractivity contribution in [3.63, 3.8) is 0 Å². The van der Waals surface area contributed by atoms with E-state index in [1.54, 1.807) is 0 Å². The molecule has 1 saturated carbocycles. The molecule has 1 heterocycles. The summed E-state index contributed by atoms with van der Waals surface area (Å²) in [5.74, 6) is -0.0212. The van der Waals surface area contributed by atoms with Crippen molar-refractivity contribution in [2.45, 2.75) is 45.6 Å². The molecule has 3 rings (SSSR count). The summed E-state index contributed by atoms with van der Waals surface area (Å²) in [7, 11) is 2.15. The molecule has 1 saturated heterocycles. The number of likely N-dealkylation sites (N-methyl/N-ethyl adjacent to an activating group) is 1. The molecule has 1 atom stereocenters. The zero-order chi connectivity index (χ0) is 19.4. The van der Waals surface area contributed by atoms with Crippen molar-refractivity contribution in [3.05, 3.63) is 23.8 Å². The number of carbonyl (C=O) groups excluding carboxylic acids is 2. The number of anilines is 2. The molecule has 2 aliphatic rings. The van der Waals surface area contributed by atoms with Gasteiger partial charge in [0.1, 0.15) is 6.04 Å². The van der Waals surface area contributed by atoms with E-state index in [-0.39, 0.29) is 17.7 Å². The minimum atomic E-state index is -0.442. The number of amides is 2. The molecule has 1 aromatic rings. The van der Waals surface area contributed by atoms with Crippen LogP contribution < -0.4 is 15.5 Å². The highest BCUT2D eigenvalue weighted by Gasteiger charge is 2.31. The number of aryl methyl sites for hydroxylation is 1. The minimum Gasteiger partial charge on any atom is -0.369 e. The van der Waals surface area contributed by atoms with Gasteiger partial charge in [-0.2, -0.15) is 0 Å². The lowest BCUT2D eigenvalue weighted by atomic mass is 9.97. The number of hydrogen-bond acceptors (Lipinski definition) is 4. The van der Waals surface area contributed by atoms with Gasteiger partial charge in [-0.25, -0.2) is 0 Å². The highest BCUT2D eigenvalue weighted by molar-refractivity contribution is 5.97. The van der Waals surface area contributed by atoms with Gasteiger partial charge < -0.3 is 20.4 Å². The van der Waals surface area contributed by atoms with Crippen molar-refractivity contribution in [2.75, 3.05) is 43.4 Å². The minimum absolute atomic E-state index is 0.108. The summed E-state index contributed by atoms with van der Waals surface area (Å²) in [4.78, 5) is 29.1. The van der Waals surface area contributed by atoms with Crippen molar-refractivity contribution < 1.29 is 9.59 Å². The molecule has 0 bridgehead atoms. The van der Waals surface area contributed by atoms with Crippen LogP contribution in [0.2, 0.25) is 0 Å². The van der Waals surface area contributed by atoms with Gasteiger partial charge in [-0.05, 0) is 56.5 Å². The number of rotatable bonds is 5. The van der Waals surface area contributed by atoms with Gasteiger partial charge in [-0.1, -0.05) is 12.8 Å². The molecule has 0 aromatic heterocycles. The highest BCUT2D eigenvalue weighted by Crippen LogP contribution is 2.29. The van der Waals surface area contributed by atoms with Crippen LogP contribution in [0.3, 0.4) is 0 Å². The standard InChI is InChI=1S/C21H32N4O2/c1-15-14-18(8-9-19(15)25-12-10-24(3)11-13-25)23-21(27)20(22-16(2)26)17-6-4-5-7-17/h8-9,14,17,20H,4-7,10-13H2,1-3H3,(H,22,26)(H,23,27). The molecule has 148 valence electrons. The van der Waals surface area contributed by atoms with Gasteiger partial charge in [-0.3, -0.25) is 9.59 Å². The van der Waals surface area contributed by atoms with Crippen LogP contribution in [0.25, 0.3) is 0 Å². The summed E-state index contributed by atoms with van der Waals surface area (Å²) < 4.78 is 0. The lowest BCUT2D eigenvalue weighted by Gasteiger charge is -2.35. The molecular weight excluding hydrogens is 340 g/mol. The van der Waals surface area contributed by atoms with E-state index in [1.807, 2.05) is 12.1 Å². The van der Waals surface area contributed by atoms with Gasteiger partial charge in [-0.15, -0.1) is 0 Å². The maximum atomic E-state index is 12.8. The predicted molar refractivity (Wildman–Crippen MR) is 109 cm³/mol. The smallest absolute Gasteiger partial charge is 0.247 e. The fraction of sp³-hybridized carbons (Fsp3) is 0.619. The summed E-state index contributed by atoms with van der Waals surface area (Å²) in [6, 6.07) is 5.66. The van der Waals surface area contributed by atoms with Crippen molar-refractivity contribution >= 4 is 23.2 Å². The van der Waals surface area contributed by atoms with Gasteiger partial charge in [0.05, 0.1) is 0 Å². The molecule has 1 aliphatic carbocycles. The second kappa shape index (κ2) is 8.74. The first-order chi connectivity index (χ1) is 12.9. The van der Waals surface area contributed by atoms with E-state index in [4.69, 9.17) is 0 Å². The predicted octanol–water partition coefficient (Wildman–Crippen LogP) is 2.38. The van der Waals surface area contributed by atoms with Crippen molar-refractivity contribution in [1.29, 1.82) is 0 Å². The van der Waals surface area contributed by atoms with E-state index in [0.717, 1.165) is 63.1 Å². The number of hydrogen-bond donors (Lipinski definition) is 2. The zero-order valence-corrected chi connectivity index (χ0v) is 16.8. The van der Waals surface area contributed by atoms with Gasteiger partial charge in [0, 0.05) is 44.5 Å². The van der Waals surface area contributed by atoms with Gasteiger partial charge >= 0.3 is 0 Å². The molecule has 1 unspecified atom stereocenters. The normalized spacial score (nSPS) is 19.7. The van der Waals surface area contributed by atoms with Gasteiger partial charge in [0.2, 0.25) is 11.8 Å². The van der Waals surface area contributed by atoms with Crippen LogP contribution in [0.4, 0.5) is 11.4 Å². The summed E-state index contributed by atoms with van der Waals surface area (Å²) in [5, 5.41) is 5.88. The van der Waals surface area contributed by atoms with E-state index in [0.29, 0.717) is 0 Å². The van der Waals surface area contributed by atoms with Crippen LogP contribution in [0.15, 0.2) is 18.2 Å². The molecule has 2 fully saturated rings. The molecule has 6 heteroatoms. The summed E-state index contributed by atoms with van der Waals surface area (Å²) in [6.07, 6.45) is 4.26. The fourth-order valence-corrected chi connectivity index (χ4v) is 4.26. The Hall–Kier alpha value is -2.08. The molecule has 2 N–H and O–H groups in total. The van der Waals surface area contributed by atoms with Crippen LogP contribution >= 0.6 is 0 Å². The molecule has 1 aliphatic heterocycles. The maximum Gasteiger partial charge on any atom is 0.247 e. The molecule has 0 spiro atoms. The lowest BCUT2D eigenvalue weighted by Crippen LogP contribution is -2.47. The topological polar surface area (TPSA) is 64.7 Å². The first-order valence-electron chi connectivity index (χ1n) is 10.1. The molecule has 0 radical (unpaired) electrons. The third kappa shape index (κ3) is 5.01. The Kier molecular flexibility index (Phi) is 6.37. The first-order valence-corrected chi connectivity index (χ1v) is 10.1. The van der Waals surface area contributed by atoms with E-state index >= 15 is 0 Å². The van der Waals surface area contributed by atoms with E-state index in [9.17, 15) is 9.59 Å². The Balaban J connectivity index is 1.67. The molecule has 6 nitrogen and oxygen atoms in total. The van der Waals surface area contributed by atoms with Crippen molar-refractivity contribution in [1.82, 2.24) is 10.2 Å². The Morgan fingerprint density at radius 3 is 2.37 bits per heavy atom. The highest BCUT2D eigenvalue weighted by atomic mass is 16.2. The van der Waals surface area contributed by atoms with Gasteiger partial charge in [0.15, 0.2) is 0 Å². The number of nitrogens with zero attached hydrogens (tertiary/aromatic N) is 2. The first kappa shape index (κ1) is 19.7. The van der Waals surface area contributed by atoms with E-state index in [1.165, 1.54) is 12.6 Å². The third-order valence-corrected chi connectivity index (χ3v) is 5.82. The maximum absolute atomic E-state index is 12.8. The number of benzene rings is 1. The average molecular weight is 373 g/mol. The summed E-state index contributed by atoms with van der Waals surface area (Å²) >= 11 is 0. The molecule has 2 amide bonds. The lowest BCUT2D eigenvalue weighted by molar-refractivity contribution is -0.126. The number of carbonyl (C=O) groups is 2. The molecule has 1 aromatic carbocycles. The monoisotopic (exact) mass is 372 g/mol. The van der Waals surface area contributed by atoms with Crippen LogP contribution in [0.1, 0.15) is 38.2 Å². The SMILES string of the molecule is CC(=O)NC(C(=O)Nc1ccc(N2CCN(C)CC2)c(C)c1)C1CCCC1. The molecular formula is C21H32N4O2. The van der Waals surface area contributed by atoms with E-state index in [2.05, 4.69) is 40.5 Å². The van der Waals surface area contributed by atoms with E-state index < -0.39 is 6.04 Å². The second-order valence-corrected chi connectivity index (χ2v) is 8.00. The largest absolute Gasteiger partial charge is 0.369 e.